The van der Waals surface area contributed by atoms with Crippen LogP contribution in [0.2, 0.25) is 10.0 Å². The van der Waals surface area contributed by atoms with Crippen molar-refractivity contribution in [3.05, 3.63) is 51.8 Å². The van der Waals surface area contributed by atoms with E-state index in [1.54, 1.807) is 12.1 Å². The highest BCUT2D eigenvalue weighted by atomic mass is 35.5. The first-order chi connectivity index (χ1) is 9.51. The fourth-order valence-corrected chi connectivity index (χ4v) is 2.45. The lowest BCUT2D eigenvalue weighted by Crippen LogP contribution is -2.30. The number of rotatable bonds is 5. The molecule has 6 heteroatoms. The van der Waals surface area contributed by atoms with E-state index in [1.807, 2.05) is 23.0 Å². The molecule has 1 heterocycles. The molecule has 20 heavy (non-hydrogen) atoms. The molecule has 108 valence electrons. The van der Waals surface area contributed by atoms with Gasteiger partial charge in [-0.15, -0.1) is 0 Å². The molecule has 1 atom stereocenters. The highest BCUT2D eigenvalue weighted by Crippen LogP contribution is 2.28. The molecule has 0 saturated carbocycles. The second kappa shape index (κ2) is 6.59. The van der Waals surface area contributed by atoms with E-state index in [9.17, 15) is 0 Å². The topological polar surface area (TPSA) is 55.9 Å². The molecule has 2 rings (SSSR count). The Labute approximate surface area is 128 Å². The van der Waals surface area contributed by atoms with Gasteiger partial charge in [0.2, 0.25) is 0 Å². The van der Waals surface area contributed by atoms with Crippen molar-refractivity contribution in [2.45, 2.75) is 32.4 Å². The molecule has 3 N–H and O–H groups in total. The maximum Gasteiger partial charge on any atom is 0.0644 e. The summed E-state index contributed by atoms with van der Waals surface area (Å²) in [5.74, 6) is 5.65. The van der Waals surface area contributed by atoms with Crippen LogP contribution in [0.25, 0.3) is 0 Å². The van der Waals surface area contributed by atoms with Gasteiger partial charge >= 0.3 is 0 Å². The number of benzene rings is 1. The first-order valence-corrected chi connectivity index (χ1v) is 7.22. The maximum atomic E-state index is 6.21. The van der Waals surface area contributed by atoms with Gasteiger partial charge in [-0.25, -0.2) is 0 Å². The molecule has 0 aliphatic rings. The van der Waals surface area contributed by atoms with E-state index in [0.29, 0.717) is 22.5 Å². The third kappa shape index (κ3) is 3.52. The second-order valence-corrected chi connectivity index (χ2v) is 5.81. The Morgan fingerprint density at radius 2 is 2.05 bits per heavy atom. The first-order valence-electron chi connectivity index (χ1n) is 6.46. The summed E-state index contributed by atoms with van der Waals surface area (Å²) in [4.78, 5) is 0. The zero-order valence-corrected chi connectivity index (χ0v) is 13.0. The van der Waals surface area contributed by atoms with Gasteiger partial charge in [-0.3, -0.25) is 16.0 Å². The van der Waals surface area contributed by atoms with Gasteiger partial charge in [0.15, 0.2) is 0 Å². The standard InChI is InChI=1S/C14H18Cl2N4/c1-9(2)20-6-5-11(19-20)8-14(18-17)12-7-10(15)3-4-13(12)16/h3-7,9,14,18H,8,17H2,1-2H3. The number of nitrogens with one attached hydrogen (secondary N) is 1. The van der Waals surface area contributed by atoms with E-state index in [4.69, 9.17) is 29.0 Å². The van der Waals surface area contributed by atoms with E-state index in [2.05, 4.69) is 24.4 Å². The number of halogens is 2. The highest BCUT2D eigenvalue weighted by Gasteiger charge is 2.16. The number of nitrogens with zero attached hydrogens (tertiary/aromatic N) is 2. The van der Waals surface area contributed by atoms with Crippen molar-refractivity contribution in [3.8, 4) is 0 Å². The third-order valence-corrected chi connectivity index (χ3v) is 3.72. The number of hydrogen-bond acceptors (Lipinski definition) is 3. The lowest BCUT2D eigenvalue weighted by molar-refractivity contribution is 0.507. The van der Waals surface area contributed by atoms with E-state index >= 15 is 0 Å². The van der Waals surface area contributed by atoms with Crippen molar-refractivity contribution >= 4 is 23.2 Å². The first kappa shape index (κ1) is 15.3. The van der Waals surface area contributed by atoms with Gasteiger partial charge in [-0.2, -0.15) is 5.10 Å². The van der Waals surface area contributed by atoms with E-state index < -0.39 is 0 Å². The quantitative estimate of drug-likeness (QED) is 0.656. The van der Waals surface area contributed by atoms with Gasteiger partial charge in [0.25, 0.3) is 0 Å². The largest absolute Gasteiger partial charge is 0.271 e. The molecule has 0 amide bonds. The minimum atomic E-state index is -0.128. The predicted molar refractivity (Wildman–Crippen MR) is 82.8 cm³/mol. The molecule has 0 bridgehead atoms. The minimum Gasteiger partial charge on any atom is -0.271 e. The Morgan fingerprint density at radius 1 is 1.30 bits per heavy atom. The van der Waals surface area contributed by atoms with Gasteiger partial charge in [-0.05, 0) is 43.7 Å². The highest BCUT2D eigenvalue weighted by molar-refractivity contribution is 6.33. The summed E-state index contributed by atoms with van der Waals surface area (Å²) in [6, 6.07) is 7.56. The number of nitrogens with two attached hydrogens (primary N) is 1. The van der Waals surface area contributed by atoms with Crippen molar-refractivity contribution < 1.29 is 0 Å². The van der Waals surface area contributed by atoms with Crippen molar-refractivity contribution in [2.75, 3.05) is 0 Å². The molecule has 1 unspecified atom stereocenters. The lowest BCUT2D eigenvalue weighted by Gasteiger charge is -2.17. The molecule has 0 saturated heterocycles. The fourth-order valence-electron chi connectivity index (χ4n) is 2.02. The van der Waals surface area contributed by atoms with Gasteiger partial charge in [0, 0.05) is 28.7 Å². The van der Waals surface area contributed by atoms with Gasteiger partial charge in [-0.1, -0.05) is 23.2 Å². The summed E-state index contributed by atoms with van der Waals surface area (Å²) in [7, 11) is 0. The molecule has 0 aliphatic heterocycles. The average Bonchev–Trinajstić information content (AvgIpc) is 2.88. The summed E-state index contributed by atoms with van der Waals surface area (Å²) in [6.07, 6.45) is 2.61. The van der Waals surface area contributed by atoms with Crippen LogP contribution in [0.15, 0.2) is 30.5 Å². The number of hydrogen-bond donors (Lipinski definition) is 2. The average molecular weight is 313 g/mol. The lowest BCUT2D eigenvalue weighted by atomic mass is 10.0. The SMILES string of the molecule is CC(C)n1ccc(CC(NN)c2cc(Cl)ccc2Cl)n1. The number of aromatic nitrogens is 2. The van der Waals surface area contributed by atoms with E-state index in [1.165, 1.54) is 0 Å². The molecule has 0 fully saturated rings. The minimum absolute atomic E-state index is 0.128. The van der Waals surface area contributed by atoms with E-state index in [0.717, 1.165) is 11.3 Å². The Kier molecular flexibility index (Phi) is 5.05. The van der Waals surface area contributed by atoms with Crippen LogP contribution in [0.4, 0.5) is 0 Å². The summed E-state index contributed by atoms with van der Waals surface area (Å²) in [5, 5.41) is 5.80. The van der Waals surface area contributed by atoms with Crippen molar-refractivity contribution in [2.24, 2.45) is 5.84 Å². The molecule has 1 aromatic carbocycles. The zero-order valence-electron chi connectivity index (χ0n) is 11.5. The fraction of sp³-hybridized carbons (Fsp3) is 0.357. The van der Waals surface area contributed by atoms with Crippen molar-refractivity contribution in [3.63, 3.8) is 0 Å². The second-order valence-electron chi connectivity index (χ2n) is 4.97. The normalized spacial score (nSPS) is 12.9. The molecule has 1 aromatic heterocycles. The summed E-state index contributed by atoms with van der Waals surface area (Å²) < 4.78 is 1.92. The molecule has 0 aliphatic carbocycles. The molecule has 0 radical (unpaired) electrons. The van der Waals surface area contributed by atoms with Crippen LogP contribution in [-0.2, 0) is 6.42 Å². The van der Waals surface area contributed by atoms with Crippen molar-refractivity contribution in [1.82, 2.24) is 15.2 Å². The van der Waals surface area contributed by atoms with E-state index in [-0.39, 0.29) is 6.04 Å². The van der Waals surface area contributed by atoms with Gasteiger partial charge in [0.1, 0.15) is 0 Å². The van der Waals surface area contributed by atoms with Crippen LogP contribution >= 0.6 is 23.2 Å². The molecule has 0 spiro atoms. The summed E-state index contributed by atoms with van der Waals surface area (Å²) in [5.41, 5.74) is 4.61. The smallest absolute Gasteiger partial charge is 0.0644 e. The monoisotopic (exact) mass is 312 g/mol. The zero-order chi connectivity index (χ0) is 14.7. The Balaban J connectivity index is 2.21. The van der Waals surface area contributed by atoms with Crippen LogP contribution in [0, 0.1) is 0 Å². The van der Waals surface area contributed by atoms with Gasteiger partial charge in [0.05, 0.1) is 11.7 Å². The third-order valence-electron chi connectivity index (χ3n) is 3.14. The molecular formula is C14H18Cl2N4. The summed E-state index contributed by atoms with van der Waals surface area (Å²) in [6.45, 7) is 4.17. The molecule has 2 aromatic rings. The number of hydrazine groups is 1. The maximum absolute atomic E-state index is 6.21. The van der Waals surface area contributed by atoms with Crippen LogP contribution in [-0.4, -0.2) is 9.78 Å². The molecular weight excluding hydrogens is 295 g/mol. The predicted octanol–water partition coefficient (Wildman–Crippen LogP) is 3.52. The molecule has 4 nitrogen and oxygen atoms in total. The van der Waals surface area contributed by atoms with Crippen LogP contribution in [0.5, 0.6) is 0 Å². The van der Waals surface area contributed by atoms with Crippen LogP contribution < -0.4 is 11.3 Å². The van der Waals surface area contributed by atoms with Gasteiger partial charge < -0.3 is 0 Å². The Bertz CT molecular complexity index is 580. The van der Waals surface area contributed by atoms with Crippen molar-refractivity contribution in [1.29, 1.82) is 0 Å². The Morgan fingerprint density at radius 3 is 2.65 bits per heavy atom. The Hall–Kier alpha value is -1.07. The van der Waals surface area contributed by atoms with Crippen LogP contribution in [0.3, 0.4) is 0 Å². The van der Waals surface area contributed by atoms with Crippen LogP contribution in [0.1, 0.15) is 37.2 Å². The summed E-state index contributed by atoms with van der Waals surface area (Å²) >= 11 is 12.2.